The molecule has 0 aliphatic carbocycles. The van der Waals surface area contributed by atoms with E-state index in [2.05, 4.69) is 4.98 Å². The molecule has 3 rings (SSSR count). The van der Waals surface area contributed by atoms with Crippen LogP contribution in [0.4, 0.5) is 9.52 Å². The number of carbonyl (C=O) groups excluding carboxylic acids is 1. The number of amides is 1. The summed E-state index contributed by atoms with van der Waals surface area (Å²) < 4.78 is 24.9. The molecule has 2 aromatic carbocycles. The maximum atomic E-state index is 13.5. The molecule has 6 nitrogen and oxygen atoms in total. The maximum Gasteiger partial charge on any atom is 0.266 e. The molecule has 28 heavy (non-hydrogen) atoms. The van der Waals surface area contributed by atoms with Crippen LogP contribution in [-0.2, 0) is 4.79 Å². The zero-order valence-electron chi connectivity index (χ0n) is 16.0. The van der Waals surface area contributed by atoms with E-state index >= 15 is 0 Å². The lowest BCUT2D eigenvalue weighted by molar-refractivity contribution is -0.120. The lowest BCUT2D eigenvalue weighted by Crippen LogP contribution is -2.39. The molecule has 0 spiro atoms. The highest BCUT2D eigenvalue weighted by Gasteiger charge is 2.20. The van der Waals surface area contributed by atoms with E-state index in [-0.39, 0.29) is 18.3 Å². The van der Waals surface area contributed by atoms with Gasteiger partial charge in [0.25, 0.3) is 5.91 Å². The van der Waals surface area contributed by atoms with Crippen LogP contribution in [0.3, 0.4) is 0 Å². The van der Waals surface area contributed by atoms with E-state index in [0.29, 0.717) is 39.9 Å². The molecule has 0 saturated heterocycles. The van der Waals surface area contributed by atoms with Crippen molar-refractivity contribution < 1.29 is 18.7 Å². The summed E-state index contributed by atoms with van der Waals surface area (Å²) in [6.07, 6.45) is 0. The summed E-state index contributed by atoms with van der Waals surface area (Å²) in [4.78, 5) is 20.9. The van der Waals surface area contributed by atoms with Gasteiger partial charge in [0.05, 0.1) is 17.3 Å². The molecule has 3 aromatic rings. The van der Waals surface area contributed by atoms with E-state index in [9.17, 15) is 9.18 Å². The van der Waals surface area contributed by atoms with E-state index in [0.717, 1.165) is 0 Å². The number of methoxy groups -OCH3 is 1. The maximum absolute atomic E-state index is 13.5. The van der Waals surface area contributed by atoms with Gasteiger partial charge in [0.2, 0.25) is 0 Å². The van der Waals surface area contributed by atoms with Gasteiger partial charge in [0, 0.05) is 13.1 Å². The monoisotopic (exact) mass is 403 g/mol. The Hall–Kier alpha value is -2.71. The number of hydrogen-bond donors (Lipinski definition) is 0. The third kappa shape index (κ3) is 4.96. The predicted octanol–water partition coefficient (Wildman–Crippen LogP) is 3.42. The van der Waals surface area contributed by atoms with Crippen molar-refractivity contribution in [2.45, 2.75) is 0 Å². The SMILES string of the molecule is COc1ccc(OCC(=O)N(CCN(C)C)c2nc3ccc(F)cc3s2)cc1. The minimum absolute atomic E-state index is 0.121. The highest BCUT2D eigenvalue weighted by molar-refractivity contribution is 7.22. The van der Waals surface area contributed by atoms with Crippen LogP contribution >= 0.6 is 11.3 Å². The van der Waals surface area contributed by atoms with Crippen LogP contribution in [0.15, 0.2) is 42.5 Å². The Balaban J connectivity index is 1.76. The summed E-state index contributed by atoms with van der Waals surface area (Å²) in [5, 5.41) is 0.533. The molecule has 1 aromatic heterocycles. The molecule has 8 heteroatoms. The largest absolute Gasteiger partial charge is 0.497 e. The fourth-order valence-corrected chi connectivity index (χ4v) is 3.56. The second-order valence-electron chi connectivity index (χ2n) is 6.42. The summed E-state index contributed by atoms with van der Waals surface area (Å²) in [6, 6.07) is 11.4. The summed E-state index contributed by atoms with van der Waals surface area (Å²) in [5.74, 6) is 0.759. The number of hydrogen-bond acceptors (Lipinski definition) is 6. The molecule has 148 valence electrons. The van der Waals surface area contributed by atoms with Gasteiger partial charge < -0.3 is 14.4 Å². The van der Waals surface area contributed by atoms with E-state index < -0.39 is 0 Å². The van der Waals surface area contributed by atoms with Gasteiger partial charge in [0.1, 0.15) is 17.3 Å². The van der Waals surface area contributed by atoms with Crippen LogP contribution in [-0.4, -0.2) is 56.7 Å². The minimum atomic E-state index is -0.322. The average Bonchev–Trinajstić information content (AvgIpc) is 3.09. The first-order valence-corrected chi connectivity index (χ1v) is 9.56. The molecule has 0 fully saturated rings. The van der Waals surface area contributed by atoms with Gasteiger partial charge in [-0.25, -0.2) is 9.37 Å². The summed E-state index contributed by atoms with van der Waals surface area (Å²) in [6.45, 7) is 1.00. The first kappa shape index (κ1) is 20.0. The first-order valence-electron chi connectivity index (χ1n) is 8.74. The molecule has 0 unspecified atom stereocenters. The third-order valence-electron chi connectivity index (χ3n) is 4.06. The van der Waals surface area contributed by atoms with E-state index in [1.165, 1.54) is 23.5 Å². The van der Waals surface area contributed by atoms with Crippen LogP contribution in [0, 0.1) is 5.82 Å². The van der Waals surface area contributed by atoms with Gasteiger partial charge in [-0.3, -0.25) is 9.69 Å². The van der Waals surface area contributed by atoms with Crippen molar-refractivity contribution >= 4 is 32.6 Å². The van der Waals surface area contributed by atoms with Gasteiger partial charge in [-0.2, -0.15) is 0 Å². The number of rotatable bonds is 8. The molecule has 0 aliphatic rings. The predicted molar refractivity (Wildman–Crippen MR) is 109 cm³/mol. The van der Waals surface area contributed by atoms with Crippen molar-refractivity contribution in [1.29, 1.82) is 0 Å². The van der Waals surface area contributed by atoms with Gasteiger partial charge in [-0.05, 0) is 56.6 Å². The van der Waals surface area contributed by atoms with Gasteiger partial charge >= 0.3 is 0 Å². The number of halogens is 1. The Morgan fingerprint density at radius 3 is 2.50 bits per heavy atom. The lowest BCUT2D eigenvalue weighted by Gasteiger charge is -2.22. The van der Waals surface area contributed by atoms with E-state index in [4.69, 9.17) is 9.47 Å². The second kappa shape index (κ2) is 8.99. The smallest absolute Gasteiger partial charge is 0.266 e. The minimum Gasteiger partial charge on any atom is -0.497 e. The number of thiazole rings is 1. The van der Waals surface area contributed by atoms with E-state index in [1.807, 2.05) is 19.0 Å². The standard InChI is InChI=1S/C20H22FN3O3S/c1-23(2)10-11-24(20-22-17-9-4-14(21)12-18(17)28-20)19(25)13-27-16-7-5-15(26-3)6-8-16/h4-9,12H,10-11,13H2,1-3H3. The van der Waals surface area contributed by atoms with E-state index in [1.54, 1.807) is 42.3 Å². The Labute approximate surface area is 167 Å². The number of likely N-dealkylation sites (N-methyl/N-ethyl adjacent to an activating group) is 1. The fourth-order valence-electron chi connectivity index (χ4n) is 2.52. The molecule has 0 radical (unpaired) electrons. The van der Waals surface area contributed by atoms with Crippen molar-refractivity contribution in [2.75, 3.05) is 45.8 Å². The van der Waals surface area contributed by atoms with Gasteiger partial charge in [-0.1, -0.05) is 11.3 Å². The quantitative estimate of drug-likeness (QED) is 0.577. The highest BCUT2D eigenvalue weighted by atomic mass is 32.1. The highest BCUT2D eigenvalue weighted by Crippen LogP contribution is 2.29. The van der Waals surface area contributed by atoms with Crippen LogP contribution in [0.5, 0.6) is 11.5 Å². The van der Waals surface area contributed by atoms with Gasteiger partial charge in [-0.15, -0.1) is 0 Å². The molecular formula is C20H22FN3O3S. The Bertz CT molecular complexity index is 944. The number of benzene rings is 2. The Morgan fingerprint density at radius 2 is 1.82 bits per heavy atom. The Morgan fingerprint density at radius 1 is 1.11 bits per heavy atom. The second-order valence-corrected chi connectivity index (χ2v) is 7.43. The van der Waals surface area contributed by atoms with Crippen LogP contribution in [0.2, 0.25) is 0 Å². The van der Waals surface area contributed by atoms with Gasteiger partial charge in [0.15, 0.2) is 11.7 Å². The topological polar surface area (TPSA) is 54.9 Å². The molecule has 1 amide bonds. The number of anilines is 1. The van der Waals surface area contributed by atoms with Crippen LogP contribution in [0.25, 0.3) is 10.2 Å². The number of carbonyl (C=O) groups is 1. The Kier molecular flexibility index (Phi) is 6.43. The number of nitrogens with zero attached hydrogens (tertiary/aromatic N) is 3. The molecular weight excluding hydrogens is 381 g/mol. The molecule has 0 bridgehead atoms. The molecule has 0 N–H and O–H groups in total. The number of ether oxygens (including phenoxy) is 2. The molecule has 0 saturated carbocycles. The van der Waals surface area contributed by atoms with Crippen molar-refractivity contribution in [3.8, 4) is 11.5 Å². The third-order valence-corrected chi connectivity index (χ3v) is 5.10. The van der Waals surface area contributed by atoms with Crippen molar-refractivity contribution in [1.82, 2.24) is 9.88 Å². The van der Waals surface area contributed by atoms with Crippen molar-refractivity contribution in [3.63, 3.8) is 0 Å². The molecule has 0 atom stereocenters. The summed E-state index contributed by atoms with van der Waals surface area (Å²) >= 11 is 1.29. The average molecular weight is 403 g/mol. The van der Waals surface area contributed by atoms with Crippen LogP contribution in [0.1, 0.15) is 0 Å². The van der Waals surface area contributed by atoms with Crippen molar-refractivity contribution in [3.05, 3.63) is 48.3 Å². The molecule has 0 aliphatic heterocycles. The van der Waals surface area contributed by atoms with Crippen LogP contribution < -0.4 is 14.4 Å². The lowest BCUT2D eigenvalue weighted by atomic mass is 10.3. The zero-order valence-corrected chi connectivity index (χ0v) is 16.8. The number of fused-ring (bicyclic) bond motifs is 1. The first-order chi connectivity index (χ1) is 13.5. The normalized spacial score (nSPS) is 11.0. The summed E-state index contributed by atoms with van der Waals surface area (Å²) in [7, 11) is 5.46. The molecule has 1 heterocycles. The summed E-state index contributed by atoms with van der Waals surface area (Å²) in [5.41, 5.74) is 0.667. The zero-order chi connectivity index (χ0) is 20.1. The fraction of sp³-hybridized carbons (Fsp3) is 0.300. The number of aromatic nitrogens is 1. The van der Waals surface area contributed by atoms with Crippen molar-refractivity contribution in [2.24, 2.45) is 0 Å².